The van der Waals surface area contributed by atoms with Crippen LogP contribution < -0.4 is 10.1 Å². The summed E-state index contributed by atoms with van der Waals surface area (Å²) in [5.74, 6) is 1.25. The zero-order valence-electron chi connectivity index (χ0n) is 11.9. The Morgan fingerprint density at radius 2 is 2.20 bits per heavy atom. The molecule has 0 fully saturated rings. The van der Waals surface area contributed by atoms with E-state index in [-0.39, 0.29) is 12.5 Å². The largest absolute Gasteiger partial charge is 0.483 e. The standard InChI is InChI=1S/C14H18N4O2/c1-10-4-5-11(2)12(6-10)20-8-14(19)15-7-13-17-16-9-18(13)3/h4-6,9H,7-8H2,1-3H3,(H,15,19). The first-order valence-electron chi connectivity index (χ1n) is 6.36. The normalized spacial score (nSPS) is 10.3. The third-order valence-corrected chi connectivity index (χ3v) is 2.95. The average Bonchev–Trinajstić information content (AvgIpc) is 2.83. The van der Waals surface area contributed by atoms with Crippen molar-refractivity contribution in [3.8, 4) is 5.75 Å². The second kappa shape index (κ2) is 6.18. The molecule has 1 heterocycles. The van der Waals surface area contributed by atoms with E-state index in [2.05, 4.69) is 15.5 Å². The fraction of sp³-hybridized carbons (Fsp3) is 0.357. The fourth-order valence-electron chi connectivity index (χ4n) is 1.70. The zero-order valence-corrected chi connectivity index (χ0v) is 11.9. The van der Waals surface area contributed by atoms with Gasteiger partial charge in [-0.15, -0.1) is 10.2 Å². The van der Waals surface area contributed by atoms with Gasteiger partial charge in [0, 0.05) is 7.05 Å². The Bertz CT molecular complexity index is 607. The molecule has 0 aliphatic carbocycles. The zero-order chi connectivity index (χ0) is 14.5. The summed E-state index contributed by atoms with van der Waals surface area (Å²) in [6.07, 6.45) is 1.59. The molecule has 106 valence electrons. The second-order valence-corrected chi connectivity index (χ2v) is 4.69. The summed E-state index contributed by atoms with van der Waals surface area (Å²) < 4.78 is 7.28. The molecule has 0 atom stereocenters. The molecule has 6 nitrogen and oxygen atoms in total. The van der Waals surface area contributed by atoms with Crippen LogP contribution in [0.2, 0.25) is 0 Å². The topological polar surface area (TPSA) is 69.0 Å². The smallest absolute Gasteiger partial charge is 0.258 e. The number of rotatable bonds is 5. The van der Waals surface area contributed by atoms with E-state index in [0.29, 0.717) is 12.4 Å². The average molecular weight is 274 g/mol. The van der Waals surface area contributed by atoms with Crippen LogP contribution >= 0.6 is 0 Å². The lowest BCUT2D eigenvalue weighted by Crippen LogP contribution is -2.29. The van der Waals surface area contributed by atoms with E-state index in [4.69, 9.17) is 4.74 Å². The number of nitrogens with zero attached hydrogens (tertiary/aromatic N) is 3. The molecule has 0 bridgehead atoms. The van der Waals surface area contributed by atoms with Gasteiger partial charge in [0.25, 0.3) is 5.91 Å². The maximum Gasteiger partial charge on any atom is 0.258 e. The molecule has 1 N–H and O–H groups in total. The van der Waals surface area contributed by atoms with Crippen molar-refractivity contribution in [3.05, 3.63) is 41.5 Å². The minimum atomic E-state index is -0.186. The molecule has 0 radical (unpaired) electrons. The molecule has 1 aromatic carbocycles. The number of ether oxygens (including phenoxy) is 1. The van der Waals surface area contributed by atoms with Gasteiger partial charge in [-0.25, -0.2) is 0 Å². The van der Waals surface area contributed by atoms with Crippen molar-refractivity contribution in [2.75, 3.05) is 6.61 Å². The lowest BCUT2D eigenvalue weighted by molar-refractivity contribution is -0.123. The highest BCUT2D eigenvalue weighted by Gasteiger charge is 2.07. The summed E-state index contributed by atoms with van der Waals surface area (Å²) in [6, 6.07) is 5.91. The van der Waals surface area contributed by atoms with E-state index in [9.17, 15) is 4.79 Å². The van der Waals surface area contributed by atoms with E-state index >= 15 is 0 Å². The lowest BCUT2D eigenvalue weighted by atomic mass is 10.1. The molecule has 2 rings (SSSR count). The number of carbonyl (C=O) groups excluding carboxylic acids is 1. The highest BCUT2D eigenvalue weighted by molar-refractivity contribution is 5.77. The Kier molecular flexibility index (Phi) is 4.34. The number of nitrogens with one attached hydrogen (secondary N) is 1. The van der Waals surface area contributed by atoms with Crippen LogP contribution in [0, 0.1) is 13.8 Å². The summed E-state index contributed by atoms with van der Waals surface area (Å²) in [5.41, 5.74) is 2.11. The van der Waals surface area contributed by atoms with Gasteiger partial charge in [-0.05, 0) is 31.0 Å². The molecular weight excluding hydrogens is 256 g/mol. The molecule has 1 amide bonds. The van der Waals surface area contributed by atoms with Crippen LogP contribution in [-0.4, -0.2) is 27.3 Å². The molecule has 0 unspecified atom stereocenters. The van der Waals surface area contributed by atoms with Crippen molar-refractivity contribution in [1.82, 2.24) is 20.1 Å². The molecule has 0 spiro atoms. The van der Waals surface area contributed by atoms with Crippen molar-refractivity contribution in [2.45, 2.75) is 20.4 Å². The van der Waals surface area contributed by atoms with Gasteiger partial charge >= 0.3 is 0 Å². The number of amides is 1. The number of aromatic nitrogens is 3. The van der Waals surface area contributed by atoms with Gasteiger partial charge in [0.05, 0.1) is 6.54 Å². The molecule has 20 heavy (non-hydrogen) atoms. The van der Waals surface area contributed by atoms with Crippen LogP contribution in [0.15, 0.2) is 24.5 Å². The Morgan fingerprint density at radius 1 is 1.40 bits per heavy atom. The molecular formula is C14H18N4O2. The highest BCUT2D eigenvalue weighted by atomic mass is 16.5. The van der Waals surface area contributed by atoms with E-state index in [0.717, 1.165) is 16.9 Å². The molecule has 0 saturated carbocycles. The quantitative estimate of drug-likeness (QED) is 0.887. The summed E-state index contributed by atoms with van der Waals surface area (Å²) in [7, 11) is 1.83. The minimum Gasteiger partial charge on any atom is -0.483 e. The number of hydrogen-bond donors (Lipinski definition) is 1. The molecule has 0 aliphatic rings. The Hall–Kier alpha value is -2.37. The first-order valence-corrected chi connectivity index (χ1v) is 6.36. The van der Waals surface area contributed by atoms with Crippen molar-refractivity contribution >= 4 is 5.91 Å². The SMILES string of the molecule is Cc1ccc(C)c(OCC(=O)NCc2nncn2C)c1. The van der Waals surface area contributed by atoms with Crippen LogP contribution in [-0.2, 0) is 18.4 Å². The van der Waals surface area contributed by atoms with Crippen LogP contribution in [0.5, 0.6) is 5.75 Å². The predicted octanol–water partition coefficient (Wildman–Crippen LogP) is 1.13. The van der Waals surface area contributed by atoms with Gasteiger partial charge in [-0.3, -0.25) is 4.79 Å². The fourth-order valence-corrected chi connectivity index (χ4v) is 1.70. The van der Waals surface area contributed by atoms with Crippen molar-refractivity contribution in [2.24, 2.45) is 7.05 Å². The third kappa shape index (κ3) is 3.57. The molecule has 2 aromatic rings. The van der Waals surface area contributed by atoms with E-state index in [1.807, 2.05) is 39.1 Å². The lowest BCUT2D eigenvalue weighted by Gasteiger charge is -2.10. The predicted molar refractivity (Wildman–Crippen MR) is 74.3 cm³/mol. The maximum atomic E-state index is 11.7. The monoisotopic (exact) mass is 274 g/mol. The first kappa shape index (κ1) is 14.0. The number of benzene rings is 1. The van der Waals surface area contributed by atoms with E-state index < -0.39 is 0 Å². The van der Waals surface area contributed by atoms with Crippen molar-refractivity contribution in [3.63, 3.8) is 0 Å². The van der Waals surface area contributed by atoms with Crippen molar-refractivity contribution in [1.29, 1.82) is 0 Å². The van der Waals surface area contributed by atoms with Crippen LogP contribution in [0.1, 0.15) is 17.0 Å². The van der Waals surface area contributed by atoms with Gasteiger partial charge in [-0.1, -0.05) is 12.1 Å². The van der Waals surface area contributed by atoms with Crippen LogP contribution in [0.25, 0.3) is 0 Å². The Labute approximate surface area is 117 Å². The van der Waals surface area contributed by atoms with Gasteiger partial charge in [0.2, 0.25) is 0 Å². The summed E-state index contributed by atoms with van der Waals surface area (Å²) in [5, 5.41) is 10.4. The summed E-state index contributed by atoms with van der Waals surface area (Å²) >= 11 is 0. The van der Waals surface area contributed by atoms with Gasteiger partial charge in [0.15, 0.2) is 12.4 Å². The first-order chi connectivity index (χ1) is 9.56. The second-order valence-electron chi connectivity index (χ2n) is 4.69. The number of aryl methyl sites for hydroxylation is 3. The third-order valence-electron chi connectivity index (χ3n) is 2.95. The molecule has 0 aliphatic heterocycles. The molecule has 1 aromatic heterocycles. The van der Waals surface area contributed by atoms with E-state index in [1.54, 1.807) is 10.9 Å². The van der Waals surface area contributed by atoms with Gasteiger partial charge < -0.3 is 14.6 Å². The Morgan fingerprint density at radius 3 is 2.90 bits per heavy atom. The van der Waals surface area contributed by atoms with Crippen molar-refractivity contribution < 1.29 is 9.53 Å². The van der Waals surface area contributed by atoms with Crippen LogP contribution in [0.3, 0.4) is 0 Å². The Balaban J connectivity index is 1.83. The summed E-state index contributed by atoms with van der Waals surface area (Å²) in [4.78, 5) is 11.7. The van der Waals surface area contributed by atoms with Crippen LogP contribution in [0.4, 0.5) is 0 Å². The molecule has 0 saturated heterocycles. The van der Waals surface area contributed by atoms with E-state index in [1.165, 1.54) is 0 Å². The summed E-state index contributed by atoms with van der Waals surface area (Å²) in [6.45, 7) is 4.26. The maximum absolute atomic E-state index is 11.7. The number of hydrogen-bond acceptors (Lipinski definition) is 4. The van der Waals surface area contributed by atoms with Gasteiger partial charge in [-0.2, -0.15) is 0 Å². The van der Waals surface area contributed by atoms with Gasteiger partial charge in [0.1, 0.15) is 12.1 Å². The highest BCUT2D eigenvalue weighted by Crippen LogP contribution is 2.18. The number of carbonyl (C=O) groups is 1. The molecule has 6 heteroatoms. The minimum absolute atomic E-state index is 0.0118.